The molecule has 3 atom stereocenters. The first-order valence-corrected chi connectivity index (χ1v) is 7.33. The summed E-state index contributed by atoms with van der Waals surface area (Å²) in [5, 5.41) is 7.91. The van der Waals surface area contributed by atoms with Crippen LogP contribution in [0.5, 0.6) is 0 Å². The molecule has 1 aliphatic carbocycles. The molecule has 0 bridgehead atoms. The fourth-order valence-electron chi connectivity index (χ4n) is 3.44. The van der Waals surface area contributed by atoms with Crippen LogP contribution in [-0.2, 0) is 6.54 Å². The Kier molecular flexibility index (Phi) is 3.57. The van der Waals surface area contributed by atoms with Gasteiger partial charge in [0.05, 0.1) is 6.54 Å². The predicted octanol–water partition coefficient (Wildman–Crippen LogP) is 2.81. The molecule has 0 radical (unpaired) electrons. The number of hydrogen-bond acceptors (Lipinski definition) is 3. The summed E-state index contributed by atoms with van der Waals surface area (Å²) in [6.45, 7) is 7.61. The van der Waals surface area contributed by atoms with Gasteiger partial charge in [0.25, 0.3) is 0 Å². The molecule has 4 nitrogen and oxygen atoms in total. The average Bonchev–Trinajstić information content (AvgIpc) is 2.99. The van der Waals surface area contributed by atoms with Gasteiger partial charge in [-0.25, -0.2) is 4.98 Å². The largest absolute Gasteiger partial charge is 0.306 e. The van der Waals surface area contributed by atoms with Crippen LogP contribution in [0.1, 0.15) is 48.9 Å². The number of aromatic nitrogens is 3. The maximum absolute atomic E-state index is 4.17. The van der Waals surface area contributed by atoms with E-state index in [4.69, 9.17) is 0 Å². The number of aryl methyl sites for hydroxylation is 1. The second-order valence-electron chi connectivity index (χ2n) is 5.95. The van der Waals surface area contributed by atoms with Crippen LogP contribution < -0.4 is 5.32 Å². The van der Waals surface area contributed by atoms with Crippen molar-refractivity contribution in [2.75, 3.05) is 0 Å². The highest BCUT2D eigenvalue weighted by atomic mass is 15.3. The Morgan fingerprint density at radius 1 is 1.45 bits per heavy atom. The summed E-state index contributed by atoms with van der Waals surface area (Å²) in [6, 6.07) is 7.49. The van der Waals surface area contributed by atoms with Crippen LogP contribution in [0.3, 0.4) is 0 Å². The van der Waals surface area contributed by atoms with Gasteiger partial charge in [-0.15, -0.1) is 0 Å². The van der Waals surface area contributed by atoms with Gasteiger partial charge in [0.15, 0.2) is 0 Å². The highest BCUT2D eigenvalue weighted by Crippen LogP contribution is 2.41. The Balaban J connectivity index is 1.72. The highest BCUT2D eigenvalue weighted by Gasteiger charge is 2.29. The third kappa shape index (κ3) is 2.48. The van der Waals surface area contributed by atoms with Crippen molar-refractivity contribution in [2.24, 2.45) is 0 Å². The van der Waals surface area contributed by atoms with E-state index in [1.165, 1.54) is 23.1 Å². The van der Waals surface area contributed by atoms with Crippen molar-refractivity contribution in [3.05, 3.63) is 47.5 Å². The predicted molar refractivity (Wildman–Crippen MR) is 79.6 cm³/mol. The number of benzene rings is 1. The first-order valence-electron chi connectivity index (χ1n) is 7.33. The molecule has 0 amide bonds. The molecule has 1 N–H and O–H groups in total. The molecular formula is C16H22N4. The summed E-state index contributed by atoms with van der Waals surface area (Å²) in [5.41, 5.74) is 4.43. The number of fused-ring (bicyclic) bond motifs is 1. The zero-order valence-electron chi connectivity index (χ0n) is 12.4. The molecule has 1 heterocycles. The summed E-state index contributed by atoms with van der Waals surface area (Å²) in [7, 11) is 0. The lowest BCUT2D eigenvalue weighted by atomic mass is 9.98. The quantitative estimate of drug-likeness (QED) is 0.929. The van der Waals surface area contributed by atoms with Crippen molar-refractivity contribution in [2.45, 2.75) is 51.7 Å². The van der Waals surface area contributed by atoms with Crippen molar-refractivity contribution in [1.82, 2.24) is 20.1 Å². The fraction of sp³-hybridized carbons (Fsp3) is 0.500. The van der Waals surface area contributed by atoms with Gasteiger partial charge in [0.2, 0.25) is 0 Å². The Morgan fingerprint density at radius 2 is 2.30 bits per heavy atom. The van der Waals surface area contributed by atoms with Crippen molar-refractivity contribution < 1.29 is 0 Å². The van der Waals surface area contributed by atoms with Crippen LogP contribution in [0.25, 0.3) is 0 Å². The molecule has 106 valence electrons. The summed E-state index contributed by atoms with van der Waals surface area (Å²) in [6.07, 6.45) is 4.54. The zero-order valence-corrected chi connectivity index (χ0v) is 12.4. The normalized spacial score (nSPS) is 22.8. The summed E-state index contributed by atoms with van der Waals surface area (Å²) >= 11 is 0. The van der Waals surface area contributed by atoms with E-state index in [1.54, 1.807) is 12.7 Å². The molecule has 1 aromatic carbocycles. The molecule has 0 unspecified atom stereocenters. The lowest BCUT2D eigenvalue weighted by Gasteiger charge is -2.20. The van der Waals surface area contributed by atoms with Gasteiger partial charge >= 0.3 is 0 Å². The smallest absolute Gasteiger partial charge is 0.137 e. The lowest BCUT2D eigenvalue weighted by Crippen LogP contribution is -2.33. The Labute approximate surface area is 120 Å². The Morgan fingerprint density at radius 3 is 3.05 bits per heavy atom. The molecule has 1 aliphatic rings. The van der Waals surface area contributed by atoms with Crippen LogP contribution in [0.15, 0.2) is 30.9 Å². The number of hydrogen-bond donors (Lipinski definition) is 1. The van der Waals surface area contributed by atoms with E-state index in [-0.39, 0.29) is 0 Å². The second kappa shape index (κ2) is 5.37. The number of rotatable bonds is 4. The molecule has 0 saturated carbocycles. The van der Waals surface area contributed by atoms with Crippen molar-refractivity contribution in [1.29, 1.82) is 0 Å². The van der Waals surface area contributed by atoms with Crippen molar-refractivity contribution in [3.63, 3.8) is 0 Å². The van der Waals surface area contributed by atoms with Crippen LogP contribution in [0.2, 0.25) is 0 Å². The zero-order chi connectivity index (χ0) is 14.1. The minimum Gasteiger partial charge on any atom is -0.306 e. The molecule has 0 fully saturated rings. The van der Waals surface area contributed by atoms with Crippen LogP contribution in [-0.4, -0.2) is 20.8 Å². The number of nitrogens with zero attached hydrogens (tertiary/aromatic N) is 3. The standard InChI is InChI=1S/C16H22N4/c1-11-5-4-6-14-15(7-12(2)16(11)14)19-13(3)8-20-10-17-9-18-20/h4-6,9-10,12-13,15,19H,7-8H2,1-3H3/t12-,13-,15+/m1/s1. The fourth-order valence-corrected chi connectivity index (χ4v) is 3.44. The molecule has 4 heteroatoms. The first-order chi connectivity index (χ1) is 9.65. The van der Waals surface area contributed by atoms with E-state index in [1.807, 2.05) is 4.68 Å². The average molecular weight is 270 g/mol. The van der Waals surface area contributed by atoms with E-state index < -0.39 is 0 Å². The highest BCUT2D eigenvalue weighted by molar-refractivity contribution is 5.43. The van der Waals surface area contributed by atoms with Gasteiger partial charge in [0.1, 0.15) is 12.7 Å². The van der Waals surface area contributed by atoms with Gasteiger partial charge in [-0.05, 0) is 42.9 Å². The molecule has 2 aromatic rings. The van der Waals surface area contributed by atoms with Gasteiger partial charge in [-0.3, -0.25) is 4.68 Å². The van der Waals surface area contributed by atoms with E-state index >= 15 is 0 Å². The Hall–Kier alpha value is -1.68. The third-order valence-corrected chi connectivity index (χ3v) is 4.23. The van der Waals surface area contributed by atoms with Gasteiger partial charge in [-0.1, -0.05) is 25.1 Å². The molecule has 0 spiro atoms. The maximum Gasteiger partial charge on any atom is 0.137 e. The molecule has 0 aliphatic heterocycles. The minimum absolute atomic E-state index is 0.375. The summed E-state index contributed by atoms with van der Waals surface area (Å²) in [5.74, 6) is 0.641. The Bertz CT molecular complexity index is 576. The van der Waals surface area contributed by atoms with E-state index in [0.29, 0.717) is 18.0 Å². The second-order valence-corrected chi connectivity index (χ2v) is 5.95. The van der Waals surface area contributed by atoms with Crippen LogP contribution in [0, 0.1) is 6.92 Å². The van der Waals surface area contributed by atoms with Crippen molar-refractivity contribution in [3.8, 4) is 0 Å². The van der Waals surface area contributed by atoms with Crippen LogP contribution >= 0.6 is 0 Å². The summed E-state index contributed by atoms with van der Waals surface area (Å²) in [4.78, 5) is 3.99. The molecule has 1 aromatic heterocycles. The van der Waals surface area contributed by atoms with Crippen molar-refractivity contribution >= 4 is 0 Å². The van der Waals surface area contributed by atoms with Gasteiger partial charge < -0.3 is 5.32 Å². The van der Waals surface area contributed by atoms with E-state index in [9.17, 15) is 0 Å². The van der Waals surface area contributed by atoms with Gasteiger partial charge in [0, 0.05) is 12.1 Å². The maximum atomic E-state index is 4.17. The van der Waals surface area contributed by atoms with E-state index in [2.05, 4.69) is 54.4 Å². The summed E-state index contributed by atoms with van der Waals surface area (Å²) < 4.78 is 1.88. The molecular weight excluding hydrogens is 248 g/mol. The molecule has 20 heavy (non-hydrogen) atoms. The molecule has 3 rings (SSSR count). The monoisotopic (exact) mass is 270 g/mol. The minimum atomic E-state index is 0.375. The van der Waals surface area contributed by atoms with E-state index in [0.717, 1.165) is 6.54 Å². The lowest BCUT2D eigenvalue weighted by molar-refractivity contribution is 0.390. The first kappa shape index (κ1) is 13.3. The SMILES string of the molecule is Cc1cccc2c1[C@H](C)C[C@@H]2N[C@H](C)Cn1cncn1. The van der Waals surface area contributed by atoms with Crippen LogP contribution in [0.4, 0.5) is 0 Å². The number of nitrogens with one attached hydrogen (secondary N) is 1. The molecule has 0 saturated heterocycles. The van der Waals surface area contributed by atoms with Gasteiger partial charge in [-0.2, -0.15) is 5.10 Å². The topological polar surface area (TPSA) is 42.7 Å². The third-order valence-electron chi connectivity index (χ3n) is 4.23.